The number of rotatable bonds is 5. The van der Waals surface area contributed by atoms with Gasteiger partial charge in [-0.2, -0.15) is 0 Å². The normalized spacial score (nSPS) is 11.2. The third kappa shape index (κ3) is 3.49. The van der Waals surface area contributed by atoms with Crippen LogP contribution in [0.15, 0.2) is 53.4 Å². The van der Waals surface area contributed by atoms with Crippen molar-refractivity contribution >= 4 is 15.7 Å². The third-order valence-corrected chi connectivity index (χ3v) is 4.06. The molecule has 0 aromatic heterocycles. The summed E-state index contributed by atoms with van der Waals surface area (Å²) in [6.07, 6.45) is 0. The number of hydrogen-bond acceptors (Lipinski definition) is 4. The first-order valence-corrected chi connectivity index (χ1v) is 7.39. The molecule has 0 atom stereocenters. The van der Waals surface area contributed by atoms with Crippen molar-refractivity contribution in [3.63, 3.8) is 0 Å². The maximum atomic E-state index is 12.2. The Morgan fingerprint density at radius 1 is 1.05 bits per heavy atom. The molecule has 5 nitrogen and oxygen atoms in total. The van der Waals surface area contributed by atoms with Gasteiger partial charge in [0.15, 0.2) is 0 Å². The SMILES string of the molecule is COCc1ccc(S(=O)(=O)Nc2ccc(O)cc2)cc1. The van der Waals surface area contributed by atoms with E-state index in [9.17, 15) is 8.42 Å². The molecule has 0 saturated heterocycles. The largest absolute Gasteiger partial charge is 0.508 e. The molecule has 0 fully saturated rings. The van der Waals surface area contributed by atoms with E-state index in [1.807, 2.05) is 0 Å². The van der Waals surface area contributed by atoms with Gasteiger partial charge in [-0.3, -0.25) is 4.72 Å². The van der Waals surface area contributed by atoms with Gasteiger partial charge in [0.2, 0.25) is 0 Å². The Kier molecular flexibility index (Phi) is 4.26. The van der Waals surface area contributed by atoms with Crippen molar-refractivity contribution in [1.82, 2.24) is 0 Å². The zero-order valence-corrected chi connectivity index (χ0v) is 11.7. The molecule has 0 heterocycles. The van der Waals surface area contributed by atoms with Gasteiger partial charge in [0.05, 0.1) is 11.5 Å². The fourth-order valence-corrected chi connectivity index (χ4v) is 2.73. The molecular formula is C14H15NO4S. The van der Waals surface area contributed by atoms with Gasteiger partial charge < -0.3 is 9.84 Å². The second-order valence-electron chi connectivity index (χ2n) is 4.23. The van der Waals surface area contributed by atoms with Crippen molar-refractivity contribution < 1.29 is 18.3 Å². The molecule has 0 aliphatic carbocycles. The van der Waals surface area contributed by atoms with Crippen LogP contribution in [-0.4, -0.2) is 20.6 Å². The number of nitrogens with one attached hydrogen (secondary N) is 1. The lowest BCUT2D eigenvalue weighted by molar-refractivity contribution is 0.185. The van der Waals surface area contributed by atoms with Crippen molar-refractivity contribution in [3.05, 3.63) is 54.1 Å². The van der Waals surface area contributed by atoms with Crippen LogP contribution in [0.1, 0.15) is 5.56 Å². The number of ether oxygens (including phenoxy) is 1. The molecule has 0 radical (unpaired) electrons. The van der Waals surface area contributed by atoms with Crippen LogP contribution in [0.25, 0.3) is 0 Å². The van der Waals surface area contributed by atoms with Gasteiger partial charge in [-0.25, -0.2) is 8.42 Å². The van der Waals surface area contributed by atoms with Crippen LogP contribution >= 0.6 is 0 Å². The highest BCUT2D eigenvalue weighted by atomic mass is 32.2. The first-order chi connectivity index (χ1) is 9.51. The predicted octanol–water partition coefficient (Wildman–Crippen LogP) is 2.34. The Bertz CT molecular complexity index is 663. The average molecular weight is 293 g/mol. The smallest absolute Gasteiger partial charge is 0.261 e. The highest BCUT2D eigenvalue weighted by Gasteiger charge is 2.13. The summed E-state index contributed by atoms with van der Waals surface area (Å²) >= 11 is 0. The van der Waals surface area contributed by atoms with Gasteiger partial charge in [-0.15, -0.1) is 0 Å². The summed E-state index contributed by atoms with van der Waals surface area (Å²) in [5.74, 6) is 0.0804. The van der Waals surface area contributed by atoms with Crippen LogP contribution in [0.3, 0.4) is 0 Å². The molecule has 2 rings (SSSR count). The number of aromatic hydroxyl groups is 1. The Labute approximate surface area is 117 Å². The summed E-state index contributed by atoms with van der Waals surface area (Å²) in [6.45, 7) is 0.436. The molecule has 6 heteroatoms. The molecule has 2 aromatic carbocycles. The first-order valence-electron chi connectivity index (χ1n) is 5.91. The zero-order valence-electron chi connectivity index (χ0n) is 10.9. The van der Waals surface area contributed by atoms with E-state index in [0.29, 0.717) is 12.3 Å². The van der Waals surface area contributed by atoms with Gasteiger partial charge in [0.25, 0.3) is 10.0 Å². The minimum Gasteiger partial charge on any atom is -0.508 e. The number of phenolic OH excluding ortho intramolecular Hbond substituents is 1. The van der Waals surface area contributed by atoms with Crippen molar-refractivity contribution in [3.8, 4) is 5.75 Å². The molecule has 2 aromatic rings. The Morgan fingerprint density at radius 2 is 1.65 bits per heavy atom. The molecule has 0 unspecified atom stereocenters. The first kappa shape index (κ1) is 14.4. The van der Waals surface area contributed by atoms with Gasteiger partial charge >= 0.3 is 0 Å². The molecule has 0 amide bonds. The van der Waals surface area contributed by atoms with Crippen molar-refractivity contribution in [2.24, 2.45) is 0 Å². The number of sulfonamides is 1. The predicted molar refractivity (Wildman–Crippen MR) is 76.1 cm³/mol. The molecule has 20 heavy (non-hydrogen) atoms. The van der Waals surface area contributed by atoms with E-state index in [-0.39, 0.29) is 10.6 Å². The quantitative estimate of drug-likeness (QED) is 0.830. The van der Waals surface area contributed by atoms with Crippen molar-refractivity contribution in [2.75, 3.05) is 11.8 Å². The summed E-state index contributed by atoms with van der Waals surface area (Å²) < 4.78 is 31.7. The highest BCUT2D eigenvalue weighted by Crippen LogP contribution is 2.19. The fraction of sp³-hybridized carbons (Fsp3) is 0.143. The molecule has 2 N–H and O–H groups in total. The number of benzene rings is 2. The summed E-state index contributed by atoms with van der Waals surface area (Å²) in [7, 11) is -2.05. The van der Waals surface area contributed by atoms with Crippen LogP contribution < -0.4 is 4.72 Å². The fourth-order valence-electron chi connectivity index (χ4n) is 1.68. The lowest BCUT2D eigenvalue weighted by atomic mass is 10.2. The molecule has 106 valence electrons. The standard InChI is InChI=1S/C14H15NO4S/c1-19-10-11-2-8-14(9-3-11)20(17,18)15-12-4-6-13(16)7-5-12/h2-9,15-16H,10H2,1H3. The average Bonchev–Trinajstić information content (AvgIpc) is 2.42. The van der Waals surface area contributed by atoms with Crippen LogP contribution in [0.4, 0.5) is 5.69 Å². The van der Waals surface area contributed by atoms with Crippen molar-refractivity contribution in [1.29, 1.82) is 0 Å². The number of hydrogen-bond donors (Lipinski definition) is 2. The topological polar surface area (TPSA) is 75.6 Å². The van der Waals surface area contributed by atoms with Crippen LogP contribution in [0, 0.1) is 0 Å². The van der Waals surface area contributed by atoms with E-state index in [2.05, 4.69) is 4.72 Å². The molecule has 0 aliphatic rings. The molecule has 0 spiro atoms. The van der Waals surface area contributed by atoms with E-state index in [0.717, 1.165) is 5.56 Å². The maximum absolute atomic E-state index is 12.2. The summed E-state index contributed by atoms with van der Waals surface area (Å²) in [5.41, 5.74) is 1.29. The number of methoxy groups -OCH3 is 1. The summed E-state index contributed by atoms with van der Waals surface area (Å²) in [4.78, 5) is 0.172. The van der Waals surface area contributed by atoms with E-state index in [4.69, 9.17) is 9.84 Å². The monoisotopic (exact) mass is 293 g/mol. The lowest BCUT2D eigenvalue weighted by Gasteiger charge is -2.08. The van der Waals surface area contributed by atoms with E-state index >= 15 is 0 Å². The Morgan fingerprint density at radius 3 is 2.20 bits per heavy atom. The molecule has 0 saturated carbocycles. The second kappa shape index (κ2) is 5.94. The van der Waals surface area contributed by atoms with Crippen LogP contribution in [-0.2, 0) is 21.4 Å². The Hall–Kier alpha value is -2.05. The zero-order chi connectivity index (χ0) is 14.6. The number of phenols is 1. The minimum absolute atomic E-state index is 0.0804. The number of anilines is 1. The molecular weight excluding hydrogens is 278 g/mol. The van der Waals surface area contributed by atoms with E-state index < -0.39 is 10.0 Å². The molecule has 0 bridgehead atoms. The second-order valence-corrected chi connectivity index (χ2v) is 5.91. The van der Waals surface area contributed by atoms with E-state index in [1.165, 1.54) is 36.4 Å². The minimum atomic E-state index is -3.63. The summed E-state index contributed by atoms with van der Waals surface area (Å²) in [6, 6.07) is 12.3. The highest BCUT2D eigenvalue weighted by molar-refractivity contribution is 7.92. The van der Waals surface area contributed by atoms with Gasteiger partial charge in [-0.1, -0.05) is 12.1 Å². The third-order valence-electron chi connectivity index (χ3n) is 2.66. The molecule has 0 aliphatic heterocycles. The van der Waals surface area contributed by atoms with Crippen molar-refractivity contribution in [2.45, 2.75) is 11.5 Å². The van der Waals surface area contributed by atoms with Gasteiger partial charge in [-0.05, 0) is 42.0 Å². The lowest BCUT2D eigenvalue weighted by Crippen LogP contribution is -2.12. The van der Waals surface area contributed by atoms with Gasteiger partial charge in [0, 0.05) is 12.8 Å². The van der Waals surface area contributed by atoms with Crippen LogP contribution in [0.2, 0.25) is 0 Å². The maximum Gasteiger partial charge on any atom is 0.261 e. The van der Waals surface area contributed by atoms with Crippen LogP contribution in [0.5, 0.6) is 5.75 Å². The summed E-state index contributed by atoms with van der Waals surface area (Å²) in [5, 5.41) is 9.16. The Balaban J connectivity index is 2.19. The van der Waals surface area contributed by atoms with E-state index in [1.54, 1.807) is 19.2 Å². The van der Waals surface area contributed by atoms with Gasteiger partial charge in [0.1, 0.15) is 5.75 Å².